The number of rotatable bonds is 5. The summed E-state index contributed by atoms with van der Waals surface area (Å²) < 4.78 is 7.23. The second-order valence-electron chi connectivity index (χ2n) is 5.60. The van der Waals surface area contributed by atoms with Crippen LogP contribution in [0, 0.1) is 6.92 Å². The molecule has 1 fully saturated rings. The molecular weight excluding hydrogens is 314 g/mol. The van der Waals surface area contributed by atoms with Crippen LogP contribution in [0.15, 0.2) is 34.0 Å². The van der Waals surface area contributed by atoms with Crippen molar-refractivity contribution in [2.75, 3.05) is 31.3 Å². The van der Waals surface area contributed by atoms with Gasteiger partial charge in [0.15, 0.2) is 0 Å². The van der Waals surface area contributed by atoms with Crippen LogP contribution in [-0.4, -0.2) is 37.5 Å². The number of thioether (sulfide) groups is 1. The molecule has 1 aromatic heterocycles. The summed E-state index contributed by atoms with van der Waals surface area (Å²) in [5, 5.41) is 5.54. The number of benzene rings is 1. The van der Waals surface area contributed by atoms with Crippen LogP contribution in [0.4, 0.5) is 5.69 Å². The molecule has 2 aromatic rings. The van der Waals surface area contributed by atoms with Gasteiger partial charge in [-0.1, -0.05) is 23.9 Å². The fourth-order valence-electron chi connectivity index (χ4n) is 2.33. The first-order valence-corrected chi connectivity index (χ1v) is 9.19. The molecule has 0 spiro atoms. The standard InChI is InChI=1S/C16H21N3OS2/c1-11-9-21-16(18-11)22-10-14-8-17-15(20-14)12-4-6-13(7-5-12)19(2)3/h4-7,9,14-15,17H,8,10H2,1-3H3/t14-,15+/m1/s1. The fraction of sp³-hybridized carbons (Fsp3) is 0.438. The maximum absolute atomic E-state index is 6.11. The highest BCUT2D eigenvalue weighted by molar-refractivity contribution is 8.01. The molecular formula is C16H21N3OS2. The van der Waals surface area contributed by atoms with Gasteiger partial charge in [0.25, 0.3) is 0 Å². The van der Waals surface area contributed by atoms with Crippen LogP contribution in [0.25, 0.3) is 0 Å². The number of nitrogens with one attached hydrogen (secondary N) is 1. The van der Waals surface area contributed by atoms with E-state index in [1.807, 2.05) is 21.0 Å². The van der Waals surface area contributed by atoms with Gasteiger partial charge in [-0.2, -0.15) is 0 Å². The molecule has 118 valence electrons. The minimum absolute atomic E-state index is 0.000145. The van der Waals surface area contributed by atoms with Crippen molar-refractivity contribution in [2.24, 2.45) is 0 Å². The lowest BCUT2D eigenvalue weighted by molar-refractivity contribution is 0.0535. The van der Waals surface area contributed by atoms with Gasteiger partial charge in [0.1, 0.15) is 10.6 Å². The van der Waals surface area contributed by atoms with E-state index in [1.54, 1.807) is 23.1 Å². The van der Waals surface area contributed by atoms with Gasteiger partial charge in [-0.25, -0.2) is 4.98 Å². The smallest absolute Gasteiger partial charge is 0.150 e. The number of ether oxygens (including phenoxy) is 1. The molecule has 0 aliphatic carbocycles. The van der Waals surface area contributed by atoms with Crippen molar-refractivity contribution in [2.45, 2.75) is 23.6 Å². The molecule has 1 aliphatic heterocycles. The third kappa shape index (κ3) is 3.81. The molecule has 0 bridgehead atoms. The van der Waals surface area contributed by atoms with Crippen LogP contribution in [0.2, 0.25) is 0 Å². The zero-order chi connectivity index (χ0) is 15.5. The second kappa shape index (κ2) is 7.00. The van der Waals surface area contributed by atoms with Gasteiger partial charge in [0, 0.05) is 43.2 Å². The van der Waals surface area contributed by atoms with Crippen molar-refractivity contribution < 1.29 is 4.74 Å². The van der Waals surface area contributed by atoms with Gasteiger partial charge >= 0.3 is 0 Å². The minimum atomic E-state index is -0.000145. The Balaban J connectivity index is 1.53. The van der Waals surface area contributed by atoms with Gasteiger partial charge in [-0.15, -0.1) is 11.3 Å². The third-order valence-corrected chi connectivity index (χ3v) is 5.83. The summed E-state index contributed by atoms with van der Waals surface area (Å²) in [5.74, 6) is 0.937. The number of anilines is 1. The molecule has 2 heterocycles. The molecule has 4 nitrogen and oxygen atoms in total. The average molecular weight is 335 g/mol. The van der Waals surface area contributed by atoms with Crippen molar-refractivity contribution in [3.8, 4) is 0 Å². The first kappa shape index (κ1) is 15.8. The maximum atomic E-state index is 6.11. The number of hydrogen-bond donors (Lipinski definition) is 1. The first-order valence-electron chi connectivity index (χ1n) is 7.33. The van der Waals surface area contributed by atoms with Crippen molar-refractivity contribution in [1.82, 2.24) is 10.3 Å². The van der Waals surface area contributed by atoms with E-state index in [1.165, 1.54) is 11.3 Å². The molecule has 1 N–H and O–H groups in total. The van der Waals surface area contributed by atoms with E-state index < -0.39 is 0 Å². The number of nitrogens with zero attached hydrogens (tertiary/aromatic N) is 2. The molecule has 1 aromatic carbocycles. The summed E-state index contributed by atoms with van der Waals surface area (Å²) in [5.41, 5.74) is 3.48. The van der Waals surface area contributed by atoms with E-state index in [0.29, 0.717) is 0 Å². The molecule has 2 atom stereocenters. The Morgan fingerprint density at radius 1 is 1.36 bits per heavy atom. The van der Waals surface area contributed by atoms with Crippen LogP contribution >= 0.6 is 23.1 Å². The van der Waals surface area contributed by atoms with Crippen molar-refractivity contribution >= 4 is 28.8 Å². The maximum Gasteiger partial charge on any atom is 0.150 e. The molecule has 0 amide bonds. The predicted octanol–water partition coefficient (Wildman–Crippen LogP) is 3.30. The van der Waals surface area contributed by atoms with Crippen LogP contribution in [0.5, 0.6) is 0 Å². The number of aryl methyl sites for hydroxylation is 1. The Morgan fingerprint density at radius 3 is 2.77 bits per heavy atom. The highest BCUT2D eigenvalue weighted by atomic mass is 32.2. The first-order chi connectivity index (χ1) is 10.6. The van der Waals surface area contributed by atoms with Gasteiger partial charge in [0.05, 0.1) is 6.10 Å². The SMILES string of the molecule is Cc1csc(SC[C@H]2CN[C@H](c3ccc(N(C)C)cc3)O2)n1. The summed E-state index contributed by atoms with van der Waals surface area (Å²) in [6, 6.07) is 8.51. The fourth-order valence-corrected chi connectivity index (χ4v) is 4.21. The third-order valence-electron chi connectivity index (χ3n) is 3.56. The molecule has 1 saturated heterocycles. The molecule has 22 heavy (non-hydrogen) atoms. The predicted molar refractivity (Wildman–Crippen MR) is 94.0 cm³/mol. The summed E-state index contributed by atoms with van der Waals surface area (Å²) >= 11 is 3.48. The van der Waals surface area contributed by atoms with Gasteiger partial charge in [-0.05, 0) is 24.6 Å². The highest BCUT2D eigenvalue weighted by Crippen LogP contribution is 2.28. The minimum Gasteiger partial charge on any atom is -0.378 e. The summed E-state index contributed by atoms with van der Waals surface area (Å²) in [6.07, 6.45) is 0.229. The Hall–Kier alpha value is -1.08. The van der Waals surface area contributed by atoms with Crippen molar-refractivity contribution in [3.63, 3.8) is 0 Å². The quantitative estimate of drug-likeness (QED) is 0.849. The van der Waals surface area contributed by atoms with Gasteiger partial charge in [-0.3, -0.25) is 5.32 Å². The van der Waals surface area contributed by atoms with Crippen LogP contribution in [-0.2, 0) is 4.74 Å². The lowest BCUT2D eigenvalue weighted by Gasteiger charge is -2.16. The molecule has 0 radical (unpaired) electrons. The van der Waals surface area contributed by atoms with Gasteiger partial charge < -0.3 is 9.64 Å². The normalized spacial score (nSPS) is 21.2. The van der Waals surface area contributed by atoms with E-state index in [4.69, 9.17) is 4.74 Å². The Labute approximate surface area is 139 Å². The van der Waals surface area contributed by atoms with E-state index in [2.05, 4.69) is 44.8 Å². The number of hydrogen-bond acceptors (Lipinski definition) is 6. The van der Waals surface area contributed by atoms with E-state index in [0.717, 1.165) is 22.3 Å². The highest BCUT2D eigenvalue weighted by Gasteiger charge is 2.26. The monoisotopic (exact) mass is 335 g/mol. The van der Waals surface area contributed by atoms with Crippen LogP contribution < -0.4 is 10.2 Å². The zero-order valence-electron chi connectivity index (χ0n) is 13.1. The second-order valence-corrected chi connectivity index (χ2v) is 7.72. The topological polar surface area (TPSA) is 37.4 Å². The molecule has 3 rings (SSSR count). The lowest BCUT2D eigenvalue weighted by Crippen LogP contribution is -2.16. The van der Waals surface area contributed by atoms with Crippen molar-refractivity contribution in [3.05, 3.63) is 40.9 Å². The Morgan fingerprint density at radius 2 is 2.14 bits per heavy atom. The van der Waals surface area contributed by atoms with Gasteiger partial charge in [0.2, 0.25) is 0 Å². The summed E-state index contributed by atoms with van der Waals surface area (Å²) in [4.78, 5) is 6.58. The van der Waals surface area contributed by atoms with Crippen molar-refractivity contribution in [1.29, 1.82) is 0 Å². The Bertz CT molecular complexity index is 612. The van der Waals surface area contributed by atoms with Crippen LogP contribution in [0.3, 0.4) is 0 Å². The summed E-state index contributed by atoms with van der Waals surface area (Å²) in [6.45, 7) is 2.92. The van der Waals surface area contributed by atoms with E-state index in [-0.39, 0.29) is 12.3 Å². The lowest BCUT2D eigenvalue weighted by atomic mass is 10.2. The van der Waals surface area contributed by atoms with Crippen LogP contribution in [0.1, 0.15) is 17.5 Å². The Kier molecular flexibility index (Phi) is 5.03. The molecule has 1 aliphatic rings. The average Bonchev–Trinajstić information content (AvgIpc) is 3.14. The molecule has 6 heteroatoms. The molecule has 0 unspecified atom stereocenters. The number of thiazole rings is 1. The number of aromatic nitrogens is 1. The zero-order valence-corrected chi connectivity index (χ0v) is 14.7. The van der Waals surface area contributed by atoms with E-state index >= 15 is 0 Å². The molecule has 0 saturated carbocycles. The largest absolute Gasteiger partial charge is 0.378 e. The van der Waals surface area contributed by atoms with E-state index in [9.17, 15) is 0 Å². The summed E-state index contributed by atoms with van der Waals surface area (Å²) in [7, 11) is 4.10.